The summed E-state index contributed by atoms with van der Waals surface area (Å²) in [4.78, 5) is 0. The summed E-state index contributed by atoms with van der Waals surface area (Å²) in [5, 5.41) is 0. The van der Waals surface area contributed by atoms with Crippen LogP contribution in [0, 0.1) is 0 Å². The minimum atomic E-state index is -6.28. The van der Waals surface area contributed by atoms with Crippen LogP contribution < -0.4 is 0 Å². The van der Waals surface area contributed by atoms with E-state index in [9.17, 15) is 24.6 Å². The minimum absolute atomic E-state index is 4.99. The lowest BCUT2D eigenvalue weighted by molar-refractivity contribution is 0.577. The zero-order valence-corrected chi connectivity index (χ0v) is 7.00. The van der Waals surface area contributed by atoms with Gasteiger partial charge in [0.25, 0.3) is 0 Å². The first-order valence-electron chi connectivity index (χ1n) is 1.73. The molecule has 0 bridgehead atoms. The minimum Gasteiger partial charge on any atom is -0.273 e. The van der Waals surface area contributed by atoms with Crippen molar-refractivity contribution in [3.05, 3.63) is 0 Å². The molecule has 0 spiro atoms. The zero-order chi connectivity index (χ0) is 7.65. The van der Waals surface area contributed by atoms with Crippen molar-refractivity contribution in [3.8, 4) is 0 Å². The second-order valence-corrected chi connectivity index (χ2v) is 11.9. The Morgan fingerprint density at radius 1 is 1.11 bits per heavy atom. The van der Waals surface area contributed by atoms with Crippen molar-refractivity contribution in [1.82, 2.24) is 0 Å². The number of hydrogen-bond acceptors (Lipinski definition) is 0. The van der Waals surface area contributed by atoms with Crippen LogP contribution in [0.2, 0.25) is 0 Å². The van der Waals surface area contributed by atoms with E-state index < -0.39 is 25.7 Å². The van der Waals surface area contributed by atoms with Crippen molar-refractivity contribution < 1.29 is 24.6 Å². The molecule has 0 heterocycles. The fourth-order valence-corrected chi connectivity index (χ4v) is 2.23. The molecule has 0 N–H and O–H groups in total. The van der Waals surface area contributed by atoms with E-state index in [-0.39, 0.29) is 0 Å². The van der Waals surface area contributed by atoms with Crippen LogP contribution >= 0.6 is 0 Å². The van der Waals surface area contributed by atoms with Gasteiger partial charge < -0.3 is 0 Å². The molecule has 0 aromatic carbocycles. The smallest absolute Gasteiger partial charge is 0.273 e. The van der Waals surface area contributed by atoms with Crippen LogP contribution in [0.5, 0.6) is 0 Å². The Labute approximate surface area is 51.3 Å². The van der Waals surface area contributed by atoms with Gasteiger partial charge in [-0.3, -0.25) is 24.6 Å². The van der Waals surface area contributed by atoms with E-state index in [1.165, 1.54) is 0 Å². The molecule has 0 saturated heterocycles. The third kappa shape index (κ3) is 2.14. The molecule has 0 aliphatic carbocycles. The first kappa shape index (κ1) is 9.23. The lowest BCUT2D eigenvalue weighted by Gasteiger charge is -2.03. The number of hydrogen-bond donors (Lipinski definition) is 0. The Morgan fingerprint density at radius 3 is 1.44 bits per heavy atom. The molecule has 0 aromatic heterocycles. The van der Waals surface area contributed by atoms with Crippen LogP contribution in [-0.4, -0.2) is 25.7 Å². The molecule has 0 aromatic rings. The predicted molar refractivity (Wildman–Crippen MR) is 25.3 cm³/mol. The molecule has 0 atom stereocenters. The van der Waals surface area contributed by atoms with Gasteiger partial charge in [-0.25, -0.2) is 0 Å². The lowest BCUT2D eigenvalue weighted by Crippen LogP contribution is -2.48. The van der Waals surface area contributed by atoms with Crippen molar-refractivity contribution in [2.24, 2.45) is 0 Å². The Bertz CT molecular complexity index is 76.3. The average molecular weight is 199 g/mol. The fraction of sp³-hybridized carbons (Fsp3) is 0. The van der Waals surface area contributed by atoms with E-state index in [1.807, 2.05) is 0 Å². The molecule has 0 amide bonds. The molecule has 9 heteroatoms. The normalized spacial score (nSPS) is 13.3. The van der Waals surface area contributed by atoms with E-state index in [2.05, 4.69) is 0 Å². The van der Waals surface area contributed by atoms with Crippen LogP contribution in [0.15, 0.2) is 0 Å². The maximum absolute atomic E-state index is 11.4. The summed E-state index contributed by atoms with van der Waals surface area (Å²) in [5.41, 5.74) is 0. The van der Waals surface area contributed by atoms with Gasteiger partial charge in [0.2, 0.25) is 0 Å². The van der Waals surface area contributed by atoms with E-state index in [1.54, 1.807) is 0 Å². The average Bonchev–Trinajstić information content (AvgIpc) is 1.65. The van der Waals surface area contributed by atoms with Crippen LogP contribution in [0.4, 0.5) is 24.6 Å². The Morgan fingerprint density at radius 2 is 1.44 bits per heavy atom. The molecule has 1 radical (unpaired) electrons. The monoisotopic (exact) mass is 199 g/mol. The van der Waals surface area contributed by atoms with Gasteiger partial charge in [0, 0.05) is 0 Å². The molecular formula is HF6Si3. The molecule has 9 heavy (non-hydrogen) atoms. The van der Waals surface area contributed by atoms with Gasteiger partial charge in [0.1, 0.15) is 0 Å². The summed E-state index contributed by atoms with van der Waals surface area (Å²) in [5.74, 6) is 0. The maximum Gasteiger partial charge on any atom is 0.532 e. The summed E-state index contributed by atoms with van der Waals surface area (Å²) >= 11 is 0. The van der Waals surface area contributed by atoms with Crippen LogP contribution in [0.1, 0.15) is 0 Å². The molecule has 0 fully saturated rings. The van der Waals surface area contributed by atoms with Crippen LogP contribution in [0.3, 0.4) is 0 Å². The SMILES string of the molecule is F[Si](F)[Si](F)(F)[SiH](F)F. The van der Waals surface area contributed by atoms with E-state index in [4.69, 9.17) is 0 Å². The Balaban J connectivity index is 4.01. The van der Waals surface area contributed by atoms with Crippen molar-refractivity contribution in [1.29, 1.82) is 0 Å². The molecular weight excluding hydrogens is 198 g/mol. The predicted octanol–water partition coefficient (Wildman–Crippen LogP) is 1.11. The first-order chi connectivity index (χ1) is 3.89. The van der Waals surface area contributed by atoms with Crippen molar-refractivity contribution in [2.75, 3.05) is 0 Å². The Kier molecular flexibility index (Phi) is 2.95. The van der Waals surface area contributed by atoms with Gasteiger partial charge in [-0.2, -0.15) is 0 Å². The highest BCUT2D eigenvalue weighted by molar-refractivity contribution is 7.48. The highest BCUT2D eigenvalue weighted by Gasteiger charge is 2.62. The van der Waals surface area contributed by atoms with E-state index in [0.717, 1.165) is 0 Å². The van der Waals surface area contributed by atoms with Crippen molar-refractivity contribution >= 4 is 25.7 Å². The standard InChI is InChI=1S/F6HSi3/c1-7(2)9(5,6)8(3)4/h7H. The topological polar surface area (TPSA) is 0 Å². The van der Waals surface area contributed by atoms with E-state index >= 15 is 0 Å². The van der Waals surface area contributed by atoms with Gasteiger partial charge in [0.05, 0.1) is 0 Å². The fourth-order valence-electron chi connectivity index (χ4n) is 0.0825. The summed E-state index contributed by atoms with van der Waals surface area (Å²) < 4.78 is 67.0. The summed E-state index contributed by atoms with van der Waals surface area (Å²) in [6, 6.07) is 0. The highest BCUT2D eigenvalue weighted by atomic mass is 29.7. The Hall–Kier alpha value is 0.231. The summed E-state index contributed by atoms with van der Waals surface area (Å²) in [7, 11) is -16.6. The highest BCUT2D eigenvalue weighted by Crippen LogP contribution is 2.18. The molecule has 0 unspecified atom stereocenters. The van der Waals surface area contributed by atoms with Gasteiger partial charge in [0.15, 0.2) is 0 Å². The second-order valence-electron chi connectivity index (χ2n) is 1.18. The molecule has 0 aliphatic rings. The van der Waals surface area contributed by atoms with Crippen LogP contribution in [0.25, 0.3) is 0 Å². The molecule has 0 nitrogen and oxygen atoms in total. The first-order valence-corrected chi connectivity index (χ1v) is 8.43. The van der Waals surface area contributed by atoms with Crippen molar-refractivity contribution in [2.45, 2.75) is 0 Å². The molecule has 55 valence electrons. The van der Waals surface area contributed by atoms with Gasteiger partial charge >= 0.3 is 25.7 Å². The summed E-state index contributed by atoms with van der Waals surface area (Å²) in [6.07, 6.45) is 0. The third-order valence-corrected chi connectivity index (χ3v) is 8.66. The lowest BCUT2D eigenvalue weighted by atomic mass is 18.7. The molecule has 0 saturated carbocycles. The quantitative estimate of drug-likeness (QED) is 0.355. The van der Waals surface area contributed by atoms with Crippen LogP contribution in [-0.2, 0) is 0 Å². The van der Waals surface area contributed by atoms with Gasteiger partial charge in [-0.1, -0.05) is 0 Å². The maximum atomic E-state index is 11.4. The number of halogens is 6. The van der Waals surface area contributed by atoms with Gasteiger partial charge in [-0.05, 0) is 0 Å². The largest absolute Gasteiger partial charge is 0.532 e. The number of rotatable bonds is 2. The second kappa shape index (κ2) is 2.88. The van der Waals surface area contributed by atoms with Gasteiger partial charge in [-0.15, -0.1) is 0 Å². The molecule has 0 rings (SSSR count). The summed E-state index contributed by atoms with van der Waals surface area (Å²) in [6.45, 7) is 0. The molecule has 0 aliphatic heterocycles. The zero-order valence-electron chi connectivity index (χ0n) is 3.85. The van der Waals surface area contributed by atoms with Crippen molar-refractivity contribution in [3.63, 3.8) is 0 Å². The third-order valence-electron chi connectivity index (χ3n) is 0.526. The van der Waals surface area contributed by atoms with E-state index in [0.29, 0.717) is 0 Å².